The summed E-state index contributed by atoms with van der Waals surface area (Å²) in [6.07, 6.45) is -0.713. The Morgan fingerprint density at radius 1 is 1.14 bits per heavy atom. The molecule has 202 valence electrons. The molecule has 2 aliphatic rings. The number of likely N-dealkylation sites (tertiary alicyclic amines) is 1. The quantitative estimate of drug-likeness (QED) is 0.534. The molecule has 1 saturated carbocycles. The molecule has 12 heteroatoms. The zero-order valence-electron chi connectivity index (χ0n) is 21.4. The number of carbonyl (C=O) groups is 2. The molecule has 4 atom stereocenters. The minimum Gasteiger partial charge on any atom is -0.406 e. The summed E-state index contributed by atoms with van der Waals surface area (Å²) in [4.78, 5) is 35.5. The van der Waals surface area contributed by atoms with E-state index in [2.05, 4.69) is 51.4 Å². The van der Waals surface area contributed by atoms with E-state index in [4.69, 9.17) is 0 Å². The highest BCUT2D eigenvalue weighted by molar-refractivity contribution is 5.93. The van der Waals surface area contributed by atoms with Crippen LogP contribution in [0.25, 0.3) is 10.9 Å². The average Bonchev–Trinajstić information content (AvgIpc) is 3.12. The van der Waals surface area contributed by atoms with Crippen LogP contribution in [0.2, 0.25) is 0 Å². The molecule has 1 aromatic heterocycles. The van der Waals surface area contributed by atoms with Gasteiger partial charge in [0.1, 0.15) is 23.9 Å². The zero-order chi connectivity index (χ0) is 27.0. The Morgan fingerprint density at radius 3 is 2.57 bits per heavy atom. The summed E-state index contributed by atoms with van der Waals surface area (Å²) in [5, 5.41) is 10.1. The first-order valence-corrected chi connectivity index (χ1v) is 12.4. The van der Waals surface area contributed by atoms with E-state index in [9.17, 15) is 22.8 Å². The molecule has 1 aliphatic carbocycles. The van der Waals surface area contributed by atoms with Crippen molar-refractivity contribution in [1.29, 1.82) is 0 Å². The molecule has 1 saturated heterocycles. The van der Waals surface area contributed by atoms with E-state index in [1.165, 1.54) is 31.5 Å². The lowest BCUT2D eigenvalue weighted by Crippen LogP contribution is -2.59. The van der Waals surface area contributed by atoms with Crippen molar-refractivity contribution >= 4 is 28.5 Å². The van der Waals surface area contributed by atoms with Crippen LogP contribution in [0, 0.1) is 0 Å². The van der Waals surface area contributed by atoms with Gasteiger partial charge < -0.3 is 25.6 Å². The summed E-state index contributed by atoms with van der Waals surface area (Å²) in [5.74, 6) is -0.403. The van der Waals surface area contributed by atoms with E-state index in [0.717, 1.165) is 12.8 Å². The third-order valence-corrected chi connectivity index (χ3v) is 6.63. The zero-order valence-corrected chi connectivity index (χ0v) is 21.4. The second-order valence-electron chi connectivity index (χ2n) is 10.7. The number of nitrogens with zero attached hydrogens (tertiary/aromatic N) is 3. The van der Waals surface area contributed by atoms with Crippen LogP contribution in [0.3, 0.4) is 0 Å². The van der Waals surface area contributed by atoms with Crippen LogP contribution in [0.5, 0.6) is 5.75 Å². The predicted molar refractivity (Wildman–Crippen MR) is 132 cm³/mol. The largest absolute Gasteiger partial charge is 0.573 e. The third-order valence-electron chi connectivity index (χ3n) is 6.63. The van der Waals surface area contributed by atoms with E-state index in [-0.39, 0.29) is 41.3 Å². The Bertz CT molecular complexity index is 1150. The molecule has 37 heavy (non-hydrogen) atoms. The van der Waals surface area contributed by atoms with Crippen LogP contribution in [0.4, 0.5) is 19.0 Å². The van der Waals surface area contributed by atoms with Crippen LogP contribution in [-0.2, 0) is 9.59 Å². The van der Waals surface area contributed by atoms with Crippen molar-refractivity contribution in [2.45, 2.75) is 89.4 Å². The van der Waals surface area contributed by atoms with Crippen LogP contribution in [-0.4, -0.2) is 69.3 Å². The molecule has 0 radical (unpaired) electrons. The number of halogens is 3. The lowest BCUT2D eigenvalue weighted by Gasteiger charge is -2.43. The molecule has 4 rings (SSSR count). The van der Waals surface area contributed by atoms with Crippen molar-refractivity contribution in [3.8, 4) is 5.75 Å². The van der Waals surface area contributed by atoms with Crippen molar-refractivity contribution in [2.24, 2.45) is 0 Å². The molecule has 0 bridgehead atoms. The van der Waals surface area contributed by atoms with Crippen molar-refractivity contribution in [3.05, 3.63) is 24.5 Å². The summed E-state index contributed by atoms with van der Waals surface area (Å²) in [5.41, 5.74) is 0.354. The third kappa shape index (κ3) is 6.79. The number of rotatable bonds is 6. The van der Waals surface area contributed by atoms with Gasteiger partial charge in [0.15, 0.2) is 0 Å². The van der Waals surface area contributed by atoms with Gasteiger partial charge in [-0.15, -0.1) is 13.2 Å². The fourth-order valence-corrected chi connectivity index (χ4v) is 5.37. The van der Waals surface area contributed by atoms with Gasteiger partial charge >= 0.3 is 6.36 Å². The molecule has 3 N–H and O–H groups in total. The van der Waals surface area contributed by atoms with Gasteiger partial charge in [0.25, 0.3) is 0 Å². The standard InChI is InChI=1S/C25H33F3N6O3/c1-14(35)31-20-11-15(33-24(2,3)4)5-8-21(20)34-10-9-19(23(34)36)32-22-17-12-16(37-25(26,27)28)6-7-18(17)29-13-30-22/h6-7,12-13,15,19-21,33H,5,8-11H2,1-4H3,(H,31,35)(H,29,30,32)/t15-,19+,20-,21+/m1/s1. The SMILES string of the molecule is CC(=O)N[C@@H]1C[C@H](NC(C)(C)C)CC[C@@H]1N1CC[C@H](Nc2ncnc3ccc(OC(F)(F)F)cc23)C1=O. The Morgan fingerprint density at radius 2 is 1.89 bits per heavy atom. The van der Waals surface area contributed by atoms with E-state index >= 15 is 0 Å². The highest BCUT2D eigenvalue weighted by atomic mass is 19.4. The number of fused-ring (bicyclic) bond motifs is 1. The Labute approximate surface area is 213 Å². The monoisotopic (exact) mass is 522 g/mol. The predicted octanol–water partition coefficient (Wildman–Crippen LogP) is 3.36. The van der Waals surface area contributed by atoms with E-state index in [1.54, 1.807) is 0 Å². The molecule has 0 unspecified atom stereocenters. The van der Waals surface area contributed by atoms with Crippen LogP contribution in [0.1, 0.15) is 53.4 Å². The summed E-state index contributed by atoms with van der Waals surface area (Å²) in [7, 11) is 0. The highest BCUT2D eigenvalue weighted by Crippen LogP contribution is 2.32. The molecule has 2 amide bonds. The topological polar surface area (TPSA) is 108 Å². The number of anilines is 1. The van der Waals surface area contributed by atoms with E-state index in [0.29, 0.717) is 30.3 Å². The number of hydrogen-bond donors (Lipinski definition) is 3. The van der Waals surface area contributed by atoms with Gasteiger partial charge in [-0.3, -0.25) is 9.59 Å². The fourth-order valence-electron chi connectivity index (χ4n) is 5.37. The maximum absolute atomic E-state index is 13.5. The van der Waals surface area contributed by atoms with Crippen molar-refractivity contribution in [1.82, 2.24) is 25.5 Å². The number of carbonyl (C=O) groups excluding carboxylic acids is 2. The molecular weight excluding hydrogens is 489 g/mol. The van der Waals surface area contributed by atoms with Gasteiger partial charge in [-0.25, -0.2) is 9.97 Å². The van der Waals surface area contributed by atoms with Crippen LogP contribution >= 0.6 is 0 Å². The number of amides is 2. The molecule has 2 fully saturated rings. The molecule has 1 aliphatic heterocycles. The van der Waals surface area contributed by atoms with Crippen LogP contribution in [0.15, 0.2) is 24.5 Å². The Balaban J connectivity index is 1.50. The second kappa shape index (κ2) is 10.3. The van der Waals surface area contributed by atoms with Gasteiger partial charge in [0, 0.05) is 30.4 Å². The highest BCUT2D eigenvalue weighted by Gasteiger charge is 2.42. The minimum atomic E-state index is -4.83. The second-order valence-corrected chi connectivity index (χ2v) is 10.7. The number of aromatic nitrogens is 2. The molecule has 1 aromatic carbocycles. The minimum absolute atomic E-state index is 0.0674. The first-order valence-electron chi connectivity index (χ1n) is 12.4. The number of benzene rings is 1. The molecule has 2 aromatic rings. The van der Waals surface area contributed by atoms with Crippen LogP contribution < -0.4 is 20.7 Å². The summed E-state index contributed by atoms with van der Waals surface area (Å²) in [6.45, 7) is 8.27. The van der Waals surface area contributed by atoms with E-state index < -0.39 is 18.2 Å². The molecule has 2 heterocycles. The normalized spacial score (nSPS) is 24.8. The Hall–Kier alpha value is -3.15. The van der Waals surface area contributed by atoms with Crippen molar-refractivity contribution in [2.75, 3.05) is 11.9 Å². The maximum atomic E-state index is 13.5. The molecular formula is C25H33F3N6O3. The maximum Gasteiger partial charge on any atom is 0.573 e. The molecule has 0 spiro atoms. The lowest BCUT2D eigenvalue weighted by molar-refractivity contribution is -0.274. The van der Waals surface area contributed by atoms with Gasteiger partial charge in [-0.05, 0) is 64.7 Å². The summed E-state index contributed by atoms with van der Waals surface area (Å²) < 4.78 is 42.2. The smallest absolute Gasteiger partial charge is 0.406 e. The summed E-state index contributed by atoms with van der Waals surface area (Å²) >= 11 is 0. The van der Waals surface area contributed by atoms with Gasteiger partial charge in [-0.2, -0.15) is 0 Å². The number of nitrogens with one attached hydrogen (secondary N) is 3. The van der Waals surface area contributed by atoms with Gasteiger partial charge in [0.2, 0.25) is 11.8 Å². The van der Waals surface area contributed by atoms with Gasteiger partial charge in [0.05, 0.1) is 17.6 Å². The number of ether oxygens (including phenoxy) is 1. The van der Waals surface area contributed by atoms with E-state index in [1.807, 2.05) is 4.90 Å². The first-order chi connectivity index (χ1) is 17.3. The Kier molecular flexibility index (Phi) is 7.50. The fraction of sp³-hybridized carbons (Fsp3) is 0.600. The summed E-state index contributed by atoms with van der Waals surface area (Å²) in [6, 6.07) is 3.09. The average molecular weight is 523 g/mol. The first kappa shape index (κ1) is 26.9. The lowest BCUT2D eigenvalue weighted by atomic mass is 9.84. The number of hydrogen-bond acceptors (Lipinski definition) is 7. The van der Waals surface area contributed by atoms with Gasteiger partial charge in [-0.1, -0.05) is 0 Å². The number of alkyl halides is 3. The van der Waals surface area contributed by atoms with Crippen molar-refractivity contribution in [3.63, 3.8) is 0 Å². The molecule has 9 nitrogen and oxygen atoms in total. The van der Waals surface area contributed by atoms with Crippen molar-refractivity contribution < 1.29 is 27.5 Å².